The normalized spacial score (nSPS) is 9.74. The number of aromatic nitrogens is 1. The second kappa shape index (κ2) is 6.53. The lowest BCUT2D eigenvalue weighted by Crippen LogP contribution is -2.30. The van der Waals surface area contributed by atoms with Gasteiger partial charge >= 0.3 is 0 Å². The van der Waals surface area contributed by atoms with Crippen LogP contribution in [0.3, 0.4) is 0 Å². The summed E-state index contributed by atoms with van der Waals surface area (Å²) in [6, 6.07) is 9.94. The predicted molar refractivity (Wildman–Crippen MR) is 75.3 cm³/mol. The van der Waals surface area contributed by atoms with Crippen molar-refractivity contribution in [2.45, 2.75) is 6.42 Å². The number of hydrogen-bond acceptors (Lipinski definition) is 3. The number of carbonyl (C=O) groups is 1. The summed E-state index contributed by atoms with van der Waals surface area (Å²) in [5, 5.41) is 3.72. The number of benzene rings is 1. The number of amides is 1. The molecule has 2 rings (SSSR count). The summed E-state index contributed by atoms with van der Waals surface area (Å²) in [6.45, 7) is 0.329. The highest BCUT2D eigenvalue weighted by molar-refractivity contribution is 5.82. The van der Waals surface area contributed by atoms with E-state index in [9.17, 15) is 4.79 Å². The van der Waals surface area contributed by atoms with Crippen molar-refractivity contribution >= 4 is 16.8 Å². The molecule has 1 aromatic heterocycles. The molecule has 1 amide bonds. The van der Waals surface area contributed by atoms with Crippen molar-refractivity contribution in [2.75, 3.05) is 13.1 Å². The zero-order valence-corrected chi connectivity index (χ0v) is 10.5. The van der Waals surface area contributed by atoms with E-state index in [4.69, 9.17) is 5.73 Å². The van der Waals surface area contributed by atoms with Crippen LogP contribution >= 0.6 is 0 Å². The Morgan fingerprint density at radius 3 is 2.95 bits per heavy atom. The summed E-state index contributed by atoms with van der Waals surface area (Å²) >= 11 is 0. The van der Waals surface area contributed by atoms with Gasteiger partial charge in [-0.1, -0.05) is 30.0 Å². The quantitative estimate of drug-likeness (QED) is 0.797. The van der Waals surface area contributed by atoms with Crippen LogP contribution in [-0.4, -0.2) is 24.0 Å². The second-order valence-corrected chi connectivity index (χ2v) is 4.00. The molecule has 19 heavy (non-hydrogen) atoms. The van der Waals surface area contributed by atoms with Crippen LogP contribution in [0.15, 0.2) is 36.5 Å². The molecule has 0 unspecified atom stereocenters. The van der Waals surface area contributed by atoms with Crippen LogP contribution in [0.4, 0.5) is 0 Å². The van der Waals surface area contributed by atoms with Crippen molar-refractivity contribution < 1.29 is 4.79 Å². The number of nitrogens with one attached hydrogen (secondary N) is 1. The molecular weight excluding hydrogens is 238 g/mol. The van der Waals surface area contributed by atoms with Crippen molar-refractivity contribution in [1.29, 1.82) is 0 Å². The van der Waals surface area contributed by atoms with Crippen LogP contribution in [0.1, 0.15) is 5.56 Å². The van der Waals surface area contributed by atoms with Crippen LogP contribution in [0.5, 0.6) is 0 Å². The molecule has 1 aromatic carbocycles. The SMILES string of the molecule is NCC(=O)NCC#CCc1ccnc2ccccc12. The summed E-state index contributed by atoms with van der Waals surface area (Å²) in [5.41, 5.74) is 7.29. The highest BCUT2D eigenvalue weighted by atomic mass is 16.1. The minimum absolute atomic E-state index is 0.00330. The summed E-state index contributed by atoms with van der Waals surface area (Å²) in [5.74, 6) is 5.75. The van der Waals surface area contributed by atoms with Gasteiger partial charge in [-0.2, -0.15) is 0 Å². The standard InChI is InChI=1S/C15H15N3O/c16-11-15(19)18-9-4-3-5-12-8-10-17-14-7-2-1-6-13(12)14/h1-2,6-8,10H,5,9,11,16H2,(H,18,19). The Kier molecular flexibility index (Phi) is 4.49. The lowest BCUT2D eigenvalue weighted by Gasteiger charge is -2.01. The largest absolute Gasteiger partial charge is 0.344 e. The van der Waals surface area contributed by atoms with E-state index in [2.05, 4.69) is 22.1 Å². The summed E-state index contributed by atoms with van der Waals surface area (Å²) in [7, 11) is 0. The Morgan fingerprint density at radius 1 is 1.26 bits per heavy atom. The van der Waals surface area contributed by atoms with Crippen LogP contribution < -0.4 is 11.1 Å². The Hall–Kier alpha value is -2.38. The third-order valence-electron chi connectivity index (χ3n) is 2.70. The minimum Gasteiger partial charge on any atom is -0.344 e. The zero-order valence-electron chi connectivity index (χ0n) is 10.5. The molecule has 4 nitrogen and oxygen atoms in total. The minimum atomic E-state index is -0.191. The number of rotatable bonds is 3. The number of fused-ring (bicyclic) bond motifs is 1. The average molecular weight is 253 g/mol. The number of hydrogen-bond donors (Lipinski definition) is 2. The van der Waals surface area contributed by atoms with E-state index < -0.39 is 0 Å². The van der Waals surface area contributed by atoms with Gasteiger partial charge in [-0.15, -0.1) is 0 Å². The molecule has 0 aliphatic heterocycles. The van der Waals surface area contributed by atoms with Gasteiger partial charge in [0.05, 0.1) is 18.6 Å². The second-order valence-electron chi connectivity index (χ2n) is 4.00. The molecule has 1 heterocycles. The zero-order chi connectivity index (χ0) is 13.5. The molecule has 2 aromatic rings. The first-order chi connectivity index (χ1) is 9.31. The Balaban J connectivity index is 2.02. The lowest BCUT2D eigenvalue weighted by molar-refractivity contribution is -0.119. The molecule has 4 heteroatoms. The van der Waals surface area contributed by atoms with E-state index in [0.29, 0.717) is 13.0 Å². The maximum Gasteiger partial charge on any atom is 0.234 e. The van der Waals surface area contributed by atoms with Gasteiger partial charge in [-0.05, 0) is 17.7 Å². The molecule has 0 spiro atoms. The van der Waals surface area contributed by atoms with Crippen molar-refractivity contribution in [1.82, 2.24) is 10.3 Å². The van der Waals surface area contributed by atoms with Gasteiger partial charge in [0.25, 0.3) is 0 Å². The maximum absolute atomic E-state index is 10.9. The Labute approximate surface area is 112 Å². The number of nitrogens with zero attached hydrogens (tertiary/aromatic N) is 1. The molecule has 0 saturated heterocycles. The van der Waals surface area contributed by atoms with Crippen LogP contribution in [0.25, 0.3) is 10.9 Å². The molecule has 96 valence electrons. The molecule has 0 atom stereocenters. The maximum atomic E-state index is 10.9. The van der Waals surface area contributed by atoms with Crippen LogP contribution in [0.2, 0.25) is 0 Å². The number of nitrogens with two attached hydrogens (primary N) is 1. The molecule has 0 aliphatic carbocycles. The first-order valence-corrected chi connectivity index (χ1v) is 6.06. The van der Waals surface area contributed by atoms with Crippen molar-refractivity contribution in [3.63, 3.8) is 0 Å². The highest BCUT2D eigenvalue weighted by Gasteiger charge is 1.98. The first kappa shape index (κ1) is 13.1. The van der Waals surface area contributed by atoms with E-state index in [-0.39, 0.29) is 12.5 Å². The Morgan fingerprint density at radius 2 is 2.11 bits per heavy atom. The summed E-state index contributed by atoms with van der Waals surface area (Å²) in [6.07, 6.45) is 2.43. The monoisotopic (exact) mass is 253 g/mol. The van der Waals surface area contributed by atoms with Crippen molar-refractivity contribution in [3.8, 4) is 11.8 Å². The lowest BCUT2D eigenvalue weighted by atomic mass is 10.1. The molecule has 0 bridgehead atoms. The van der Waals surface area contributed by atoms with Gasteiger partial charge < -0.3 is 11.1 Å². The van der Waals surface area contributed by atoms with E-state index in [1.165, 1.54) is 0 Å². The fourth-order valence-corrected chi connectivity index (χ4v) is 1.74. The molecule has 0 radical (unpaired) electrons. The van der Waals surface area contributed by atoms with E-state index >= 15 is 0 Å². The predicted octanol–water partition coefficient (Wildman–Crippen LogP) is 0.856. The molecule has 0 aliphatic rings. The topological polar surface area (TPSA) is 68.0 Å². The van der Waals surface area contributed by atoms with E-state index in [1.807, 2.05) is 30.3 Å². The average Bonchev–Trinajstić information content (AvgIpc) is 2.46. The van der Waals surface area contributed by atoms with Gasteiger partial charge in [0, 0.05) is 18.0 Å². The fraction of sp³-hybridized carbons (Fsp3) is 0.200. The molecule has 0 fully saturated rings. The number of carbonyl (C=O) groups excluding carboxylic acids is 1. The summed E-state index contributed by atoms with van der Waals surface area (Å²) in [4.78, 5) is 15.2. The Bertz CT molecular complexity index is 635. The van der Waals surface area contributed by atoms with Gasteiger partial charge in [-0.25, -0.2) is 0 Å². The molecular formula is C15H15N3O. The highest BCUT2D eigenvalue weighted by Crippen LogP contribution is 2.15. The van der Waals surface area contributed by atoms with E-state index in [0.717, 1.165) is 16.5 Å². The van der Waals surface area contributed by atoms with Gasteiger partial charge in [0.2, 0.25) is 5.91 Å². The van der Waals surface area contributed by atoms with Gasteiger partial charge in [-0.3, -0.25) is 9.78 Å². The summed E-state index contributed by atoms with van der Waals surface area (Å²) < 4.78 is 0. The van der Waals surface area contributed by atoms with Crippen LogP contribution in [0, 0.1) is 11.8 Å². The van der Waals surface area contributed by atoms with Crippen LogP contribution in [-0.2, 0) is 11.2 Å². The van der Waals surface area contributed by atoms with E-state index in [1.54, 1.807) is 6.20 Å². The fourth-order valence-electron chi connectivity index (χ4n) is 1.74. The van der Waals surface area contributed by atoms with Crippen molar-refractivity contribution in [3.05, 3.63) is 42.1 Å². The van der Waals surface area contributed by atoms with Gasteiger partial charge in [0.1, 0.15) is 0 Å². The third-order valence-corrected chi connectivity index (χ3v) is 2.70. The van der Waals surface area contributed by atoms with Crippen molar-refractivity contribution in [2.24, 2.45) is 5.73 Å². The number of pyridine rings is 1. The number of para-hydroxylation sites is 1. The molecule has 3 N–H and O–H groups in total. The third kappa shape index (κ3) is 3.54. The van der Waals surface area contributed by atoms with Gasteiger partial charge in [0.15, 0.2) is 0 Å². The molecule has 0 saturated carbocycles. The first-order valence-electron chi connectivity index (χ1n) is 6.06. The smallest absolute Gasteiger partial charge is 0.234 e.